The molecule has 1 N–H and O–H groups in total. The van der Waals surface area contributed by atoms with Gasteiger partial charge in [0.2, 0.25) is 0 Å². The summed E-state index contributed by atoms with van der Waals surface area (Å²) in [7, 11) is 0. The van der Waals surface area contributed by atoms with E-state index in [-0.39, 0.29) is 17.6 Å². The van der Waals surface area contributed by atoms with E-state index in [1.807, 2.05) is 20.8 Å². The minimum Gasteiger partial charge on any atom is -0.444 e. The molecular weight excluding hydrogens is 218 g/mol. The number of carbonyl (C=O) groups excluding carboxylic acids is 1. The predicted octanol–water partition coefficient (Wildman–Crippen LogP) is 2.71. The van der Waals surface area contributed by atoms with Crippen molar-refractivity contribution in [2.45, 2.75) is 65.7 Å². The fourth-order valence-electron chi connectivity index (χ4n) is 1.55. The Bertz CT molecular complexity index is 271. The van der Waals surface area contributed by atoms with Gasteiger partial charge >= 0.3 is 6.09 Å². The Morgan fingerprint density at radius 3 is 2.24 bits per heavy atom. The van der Waals surface area contributed by atoms with Crippen molar-refractivity contribution >= 4 is 6.09 Å². The Kier molecular flexibility index (Phi) is 4.07. The zero-order valence-corrected chi connectivity index (χ0v) is 11.8. The van der Waals surface area contributed by atoms with Crippen LogP contribution >= 0.6 is 0 Å². The molecule has 1 saturated heterocycles. The SMILES string of the molecule is CC(C)(C)OC(=O)NC(CC1CO1)C(C)(C)C. The molecule has 17 heavy (non-hydrogen) atoms. The number of carbonyl (C=O) groups is 1. The number of amides is 1. The molecule has 0 aliphatic carbocycles. The van der Waals surface area contributed by atoms with Crippen LogP contribution in [0.1, 0.15) is 48.0 Å². The molecule has 1 aliphatic rings. The Morgan fingerprint density at radius 2 is 1.88 bits per heavy atom. The summed E-state index contributed by atoms with van der Waals surface area (Å²) < 4.78 is 10.5. The van der Waals surface area contributed by atoms with Gasteiger partial charge in [0, 0.05) is 6.04 Å². The monoisotopic (exact) mass is 243 g/mol. The minimum atomic E-state index is -0.456. The van der Waals surface area contributed by atoms with Crippen molar-refractivity contribution in [2.24, 2.45) is 5.41 Å². The van der Waals surface area contributed by atoms with Crippen LogP contribution in [0.3, 0.4) is 0 Å². The van der Waals surface area contributed by atoms with Gasteiger partial charge in [0.05, 0.1) is 12.7 Å². The number of alkyl carbamates (subject to hydrolysis) is 1. The van der Waals surface area contributed by atoms with Crippen LogP contribution in [0.15, 0.2) is 0 Å². The molecule has 0 aromatic heterocycles. The van der Waals surface area contributed by atoms with E-state index in [2.05, 4.69) is 26.1 Å². The Balaban J connectivity index is 2.50. The first-order chi connectivity index (χ1) is 7.58. The molecule has 1 heterocycles. The molecule has 1 fully saturated rings. The van der Waals surface area contributed by atoms with Gasteiger partial charge in [-0.2, -0.15) is 0 Å². The lowest BCUT2D eigenvalue weighted by Gasteiger charge is -2.32. The van der Waals surface area contributed by atoms with Crippen LogP contribution in [0.2, 0.25) is 0 Å². The normalized spacial score (nSPS) is 21.9. The fraction of sp³-hybridized carbons (Fsp3) is 0.923. The summed E-state index contributed by atoms with van der Waals surface area (Å²) in [6.07, 6.45) is 0.801. The molecule has 2 atom stereocenters. The molecule has 0 saturated carbocycles. The van der Waals surface area contributed by atoms with Crippen LogP contribution in [-0.4, -0.2) is 30.4 Å². The van der Waals surface area contributed by atoms with Gasteiger partial charge in [-0.3, -0.25) is 0 Å². The van der Waals surface area contributed by atoms with Gasteiger partial charge in [-0.15, -0.1) is 0 Å². The molecule has 0 aromatic carbocycles. The maximum absolute atomic E-state index is 11.7. The van der Waals surface area contributed by atoms with Gasteiger partial charge in [0.15, 0.2) is 0 Å². The zero-order valence-electron chi connectivity index (χ0n) is 11.8. The largest absolute Gasteiger partial charge is 0.444 e. The summed E-state index contributed by atoms with van der Waals surface area (Å²) in [6.45, 7) is 12.7. The van der Waals surface area contributed by atoms with Crippen molar-refractivity contribution < 1.29 is 14.3 Å². The van der Waals surface area contributed by atoms with Gasteiger partial charge in [0.1, 0.15) is 5.60 Å². The molecule has 4 heteroatoms. The van der Waals surface area contributed by atoms with Crippen LogP contribution in [0.5, 0.6) is 0 Å². The third-order valence-corrected chi connectivity index (χ3v) is 2.64. The Labute approximate surface area is 104 Å². The standard InChI is InChI=1S/C13H25NO3/c1-12(2,3)10(7-9-8-16-9)14-11(15)17-13(4,5)6/h9-10H,7-8H2,1-6H3,(H,14,15). The van der Waals surface area contributed by atoms with Crippen LogP contribution in [-0.2, 0) is 9.47 Å². The average Bonchev–Trinajstić information content (AvgIpc) is 2.81. The van der Waals surface area contributed by atoms with Crippen molar-refractivity contribution in [2.75, 3.05) is 6.61 Å². The van der Waals surface area contributed by atoms with Crippen LogP contribution in [0.25, 0.3) is 0 Å². The fourth-order valence-corrected chi connectivity index (χ4v) is 1.55. The maximum Gasteiger partial charge on any atom is 0.407 e. The first-order valence-corrected chi connectivity index (χ1v) is 6.19. The first kappa shape index (κ1) is 14.3. The molecule has 1 amide bonds. The topological polar surface area (TPSA) is 50.9 Å². The predicted molar refractivity (Wildman–Crippen MR) is 67.0 cm³/mol. The quantitative estimate of drug-likeness (QED) is 0.775. The molecule has 1 aliphatic heterocycles. The van der Waals surface area contributed by atoms with Crippen LogP contribution in [0.4, 0.5) is 4.79 Å². The summed E-state index contributed by atoms with van der Waals surface area (Å²) in [5.74, 6) is 0. The third kappa shape index (κ3) is 5.91. The van der Waals surface area contributed by atoms with Gasteiger partial charge in [0.25, 0.3) is 0 Å². The highest BCUT2D eigenvalue weighted by Gasteiger charge is 2.34. The molecule has 0 radical (unpaired) electrons. The van der Waals surface area contributed by atoms with Crippen molar-refractivity contribution in [3.05, 3.63) is 0 Å². The van der Waals surface area contributed by atoms with E-state index in [9.17, 15) is 4.79 Å². The summed E-state index contributed by atoms with van der Waals surface area (Å²) in [6, 6.07) is 0.0739. The molecule has 0 spiro atoms. The summed E-state index contributed by atoms with van der Waals surface area (Å²) >= 11 is 0. The number of hydrogen-bond donors (Lipinski definition) is 1. The number of hydrogen-bond acceptors (Lipinski definition) is 3. The van der Waals surface area contributed by atoms with Gasteiger partial charge in [-0.25, -0.2) is 4.79 Å². The second-order valence-electron chi connectivity index (χ2n) is 6.76. The lowest BCUT2D eigenvalue weighted by molar-refractivity contribution is 0.0455. The highest BCUT2D eigenvalue weighted by molar-refractivity contribution is 5.68. The molecule has 4 nitrogen and oxygen atoms in total. The van der Waals surface area contributed by atoms with E-state index in [1.54, 1.807) is 0 Å². The molecule has 1 rings (SSSR count). The minimum absolute atomic E-state index is 0.00283. The summed E-state index contributed by atoms with van der Waals surface area (Å²) in [5, 5.41) is 2.94. The van der Waals surface area contributed by atoms with Crippen molar-refractivity contribution in [3.8, 4) is 0 Å². The van der Waals surface area contributed by atoms with Gasteiger partial charge in [-0.05, 0) is 32.6 Å². The van der Waals surface area contributed by atoms with E-state index in [0.29, 0.717) is 6.10 Å². The number of rotatable bonds is 3. The Morgan fingerprint density at radius 1 is 1.35 bits per heavy atom. The van der Waals surface area contributed by atoms with E-state index >= 15 is 0 Å². The van der Waals surface area contributed by atoms with E-state index in [0.717, 1.165) is 13.0 Å². The summed E-state index contributed by atoms with van der Waals surface area (Å²) in [5.41, 5.74) is -0.453. The van der Waals surface area contributed by atoms with Gasteiger partial charge < -0.3 is 14.8 Å². The van der Waals surface area contributed by atoms with Crippen molar-refractivity contribution in [1.29, 1.82) is 0 Å². The smallest absolute Gasteiger partial charge is 0.407 e. The number of epoxide rings is 1. The lowest BCUT2D eigenvalue weighted by Crippen LogP contribution is -2.46. The van der Waals surface area contributed by atoms with Crippen molar-refractivity contribution in [1.82, 2.24) is 5.32 Å². The lowest BCUT2D eigenvalue weighted by atomic mass is 9.84. The molecular formula is C13H25NO3. The third-order valence-electron chi connectivity index (χ3n) is 2.64. The average molecular weight is 243 g/mol. The molecule has 2 unspecified atom stereocenters. The maximum atomic E-state index is 11.7. The van der Waals surface area contributed by atoms with Crippen molar-refractivity contribution in [3.63, 3.8) is 0 Å². The molecule has 100 valence electrons. The second-order valence-corrected chi connectivity index (χ2v) is 6.76. The first-order valence-electron chi connectivity index (χ1n) is 6.19. The number of ether oxygens (including phenoxy) is 2. The van der Waals surface area contributed by atoms with Crippen LogP contribution in [0, 0.1) is 5.41 Å². The molecule has 0 bridgehead atoms. The number of nitrogens with one attached hydrogen (secondary N) is 1. The highest BCUT2D eigenvalue weighted by Crippen LogP contribution is 2.27. The summed E-state index contributed by atoms with van der Waals surface area (Å²) in [4.78, 5) is 11.7. The van der Waals surface area contributed by atoms with E-state index in [1.165, 1.54) is 0 Å². The van der Waals surface area contributed by atoms with E-state index < -0.39 is 5.60 Å². The molecule has 0 aromatic rings. The Hall–Kier alpha value is -0.770. The van der Waals surface area contributed by atoms with Crippen LogP contribution < -0.4 is 5.32 Å². The second kappa shape index (κ2) is 4.84. The van der Waals surface area contributed by atoms with E-state index in [4.69, 9.17) is 9.47 Å². The van der Waals surface area contributed by atoms with Gasteiger partial charge in [-0.1, -0.05) is 20.8 Å². The highest BCUT2D eigenvalue weighted by atomic mass is 16.6. The zero-order chi connectivity index (χ0) is 13.3.